The van der Waals surface area contributed by atoms with E-state index in [1.54, 1.807) is 14.2 Å². The highest BCUT2D eigenvalue weighted by Gasteiger charge is 2.10. The SMILES string of the molecule is CCCOc1nc(Cl)nc(NCC(COC)OC)n1. The van der Waals surface area contributed by atoms with E-state index >= 15 is 0 Å². The quantitative estimate of drug-likeness (QED) is 0.736. The van der Waals surface area contributed by atoms with Gasteiger partial charge < -0.3 is 19.5 Å². The van der Waals surface area contributed by atoms with Gasteiger partial charge in [-0.15, -0.1) is 0 Å². The van der Waals surface area contributed by atoms with Crippen molar-refractivity contribution >= 4 is 17.5 Å². The van der Waals surface area contributed by atoms with E-state index < -0.39 is 0 Å². The highest BCUT2D eigenvalue weighted by molar-refractivity contribution is 6.28. The summed E-state index contributed by atoms with van der Waals surface area (Å²) < 4.78 is 15.5. The van der Waals surface area contributed by atoms with Gasteiger partial charge in [-0.25, -0.2) is 0 Å². The Morgan fingerprint density at radius 3 is 2.68 bits per heavy atom. The zero-order valence-corrected chi connectivity index (χ0v) is 12.1. The first-order chi connectivity index (χ1) is 9.19. The fraction of sp³-hybridized carbons (Fsp3) is 0.727. The van der Waals surface area contributed by atoms with Gasteiger partial charge in [0.1, 0.15) is 0 Å². The van der Waals surface area contributed by atoms with Crippen LogP contribution >= 0.6 is 11.6 Å². The summed E-state index contributed by atoms with van der Waals surface area (Å²) >= 11 is 5.80. The van der Waals surface area contributed by atoms with Crippen LogP contribution in [-0.4, -0.2) is 55.0 Å². The molecular weight excluding hydrogens is 272 g/mol. The van der Waals surface area contributed by atoms with E-state index in [4.69, 9.17) is 25.8 Å². The molecular formula is C11H19ClN4O3. The number of hydrogen-bond acceptors (Lipinski definition) is 7. The van der Waals surface area contributed by atoms with Crippen molar-refractivity contribution in [1.29, 1.82) is 0 Å². The summed E-state index contributed by atoms with van der Waals surface area (Å²) in [5.41, 5.74) is 0. The highest BCUT2D eigenvalue weighted by atomic mass is 35.5. The Hall–Kier alpha value is -1.18. The van der Waals surface area contributed by atoms with E-state index in [2.05, 4.69) is 20.3 Å². The third-order valence-corrected chi connectivity index (χ3v) is 2.37. The molecule has 0 saturated carbocycles. The van der Waals surface area contributed by atoms with Gasteiger partial charge in [0.05, 0.1) is 19.3 Å². The molecule has 0 radical (unpaired) electrons. The Morgan fingerprint density at radius 1 is 1.26 bits per heavy atom. The maximum Gasteiger partial charge on any atom is 0.322 e. The molecule has 1 heterocycles. The summed E-state index contributed by atoms with van der Waals surface area (Å²) in [6.45, 7) is 3.50. The Balaban J connectivity index is 2.59. The zero-order chi connectivity index (χ0) is 14.1. The lowest BCUT2D eigenvalue weighted by Gasteiger charge is -2.15. The molecule has 108 valence electrons. The number of halogens is 1. The molecule has 0 fully saturated rings. The van der Waals surface area contributed by atoms with Crippen LogP contribution in [0.2, 0.25) is 5.28 Å². The number of nitrogens with one attached hydrogen (secondary N) is 1. The van der Waals surface area contributed by atoms with Crippen LogP contribution in [0.3, 0.4) is 0 Å². The van der Waals surface area contributed by atoms with Gasteiger partial charge in [-0.1, -0.05) is 6.92 Å². The third-order valence-electron chi connectivity index (χ3n) is 2.20. The topological polar surface area (TPSA) is 78.4 Å². The van der Waals surface area contributed by atoms with Crippen LogP contribution < -0.4 is 10.1 Å². The molecule has 0 aliphatic heterocycles. The molecule has 0 spiro atoms. The van der Waals surface area contributed by atoms with Crippen molar-refractivity contribution in [3.8, 4) is 6.01 Å². The second kappa shape index (κ2) is 8.84. The normalized spacial score (nSPS) is 12.2. The van der Waals surface area contributed by atoms with Gasteiger partial charge in [0.2, 0.25) is 11.2 Å². The van der Waals surface area contributed by atoms with Crippen LogP contribution in [0.1, 0.15) is 13.3 Å². The number of ether oxygens (including phenoxy) is 3. The van der Waals surface area contributed by atoms with Crippen LogP contribution in [0.15, 0.2) is 0 Å². The Labute approximate surface area is 117 Å². The van der Waals surface area contributed by atoms with Crippen molar-refractivity contribution in [3.05, 3.63) is 5.28 Å². The average molecular weight is 291 g/mol. The first-order valence-electron chi connectivity index (χ1n) is 5.99. The van der Waals surface area contributed by atoms with Gasteiger partial charge in [-0.2, -0.15) is 15.0 Å². The Morgan fingerprint density at radius 2 is 2.05 bits per heavy atom. The maximum absolute atomic E-state index is 5.80. The van der Waals surface area contributed by atoms with E-state index in [9.17, 15) is 0 Å². The summed E-state index contributed by atoms with van der Waals surface area (Å²) in [5, 5.41) is 3.09. The van der Waals surface area contributed by atoms with E-state index in [1.807, 2.05) is 6.92 Å². The van der Waals surface area contributed by atoms with Crippen LogP contribution in [0.5, 0.6) is 6.01 Å². The smallest absolute Gasteiger partial charge is 0.322 e. The van der Waals surface area contributed by atoms with Gasteiger partial charge in [0.15, 0.2) is 0 Å². The second-order valence-corrected chi connectivity index (χ2v) is 4.09. The number of aromatic nitrogens is 3. The summed E-state index contributed by atoms with van der Waals surface area (Å²) in [7, 11) is 3.23. The number of hydrogen-bond donors (Lipinski definition) is 1. The first kappa shape index (κ1) is 15.9. The van der Waals surface area contributed by atoms with Crippen LogP contribution in [-0.2, 0) is 9.47 Å². The molecule has 1 atom stereocenters. The van der Waals surface area contributed by atoms with E-state index in [0.29, 0.717) is 25.7 Å². The summed E-state index contributed by atoms with van der Waals surface area (Å²) in [6, 6.07) is 0.213. The molecule has 1 rings (SSSR count). The standard InChI is InChI=1S/C11H19ClN4O3/c1-4-5-19-11-15-9(12)14-10(16-11)13-6-8(18-3)7-17-2/h8H,4-7H2,1-3H3,(H,13,14,15,16). The van der Waals surface area contributed by atoms with Crippen LogP contribution in [0.25, 0.3) is 0 Å². The number of rotatable bonds is 9. The molecule has 0 bridgehead atoms. The first-order valence-corrected chi connectivity index (χ1v) is 6.37. The minimum Gasteiger partial charge on any atom is -0.463 e. The van der Waals surface area contributed by atoms with Crippen molar-refractivity contribution in [2.45, 2.75) is 19.4 Å². The van der Waals surface area contributed by atoms with E-state index in [1.165, 1.54) is 0 Å². The summed E-state index contributed by atoms with van der Waals surface area (Å²) in [6.07, 6.45) is 0.770. The highest BCUT2D eigenvalue weighted by Crippen LogP contribution is 2.11. The minimum atomic E-state index is -0.0967. The number of anilines is 1. The molecule has 0 aromatic carbocycles. The molecule has 7 nitrogen and oxygen atoms in total. The van der Waals surface area contributed by atoms with Crippen LogP contribution in [0.4, 0.5) is 5.95 Å². The molecule has 19 heavy (non-hydrogen) atoms. The molecule has 1 aromatic heterocycles. The molecule has 0 aliphatic carbocycles. The minimum absolute atomic E-state index is 0.0873. The van der Waals surface area contributed by atoms with Gasteiger partial charge in [0, 0.05) is 20.8 Å². The molecule has 1 N–H and O–H groups in total. The van der Waals surface area contributed by atoms with Crippen molar-refractivity contribution in [1.82, 2.24) is 15.0 Å². The van der Waals surface area contributed by atoms with Gasteiger partial charge >= 0.3 is 6.01 Å². The average Bonchev–Trinajstić information content (AvgIpc) is 2.40. The predicted molar refractivity (Wildman–Crippen MR) is 71.8 cm³/mol. The fourth-order valence-corrected chi connectivity index (χ4v) is 1.42. The maximum atomic E-state index is 5.80. The lowest BCUT2D eigenvalue weighted by molar-refractivity contribution is 0.0364. The van der Waals surface area contributed by atoms with Crippen molar-refractivity contribution < 1.29 is 14.2 Å². The van der Waals surface area contributed by atoms with Crippen LogP contribution in [0, 0.1) is 0 Å². The molecule has 0 amide bonds. The summed E-state index contributed by atoms with van der Waals surface area (Å²) in [5.74, 6) is 0.351. The van der Waals surface area contributed by atoms with Crippen molar-refractivity contribution in [2.75, 3.05) is 39.3 Å². The zero-order valence-electron chi connectivity index (χ0n) is 11.4. The summed E-state index contributed by atoms with van der Waals surface area (Å²) in [4.78, 5) is 11.9. The molecule has 8 heteroatoms. The fourth-order valence-electron chi connectivity index (χ4n) is 1.27. The second-order valence-electron chi connectivity index (χ2n) is 3.75. The van der Waals surface area contributed by atoms with Crippen molar-refractivity contribution in [3.63, 3.8) is 0 Å². The van der Waals surface area contributed by atoms with Gasteiger partial charge in [-0.05, 0) is 18.0 Å². The number of methoxy groups -OCH3 is 2. The van der Waals surface area contributed by atoms with Crippen molar-refractivity contribution in [2.24, 2.45) is 0 Å². The molecule has 1 aromatic rings. The lowest BCUT2D eigenvalue weighted by Crippen LogP contribution is -2.27. The van der Waals surface area contributed by atoms with E-state index in [0.717, 1.165) is 6.42 Å². The van der Waals surface area contributed by atoms with Gasteiger partial charge in [-0.3, -0.25) is 0 Å². The molecule has 0 aliphatic rings. The Kier molecular flexibility index (Phi) is 7.39. The predicted octanol–water partition coefficient (Wildman–Crippen LogP) is 1.39. The Bertz CT molecular complexity index is 381. The monoisotopic (exact) mass is 290 g/mol. The van der Waals surface area contributed by atoms with Gasteiger partial charge in [0.25, 0.3) is 0 Å². The molecule has 1 unspecified atom stereocenters. The largest absolute Gasteiger partial charge is 0.463 e. The third kappa shape index (κ3) is 6.00. The molecule has 0 saturated heterocycles. The van der Waals surface area contributed by atoms with E-state index in [-0.39, 0.29) is 17.4 Å². The lowest BCUT2D eigenvalue weighted by atomic mass is 10.4. The number of nitrogens with zero attached hydrogens (tertiary/aromatic N) is 3.